The number of hydrogen-bond acceptors (Lipinski definition) is 3. The van der Waals surface area contributed by atoms with Gasteiger partial charge < -0.3 is 5.32 Å². The Morgan fingerprint density at radius 2 is 1.58 bits per heavy atom. The molecule has 0 aromatic heterocycles. The number of aryl methyl sites for hydroxylation is 1. The Balaban J connectivity index is 2.07. The summed E-state index contributed by atoms with van der Waals surface area (Å²) >= 11 is 0. The van der Waals surface area contributed by atoms with Crippen LogP contribution >= 0.6 is 0 Å². The lowest BCUT2D eigenvalue weighted by Gasteiger charge is -2.19. The maximum atomic E-state index is 12.1. The fraction of sp³-hybridized carbons (Fsp3) is 0.316. The van der Waals surface area contributed by atoms with Gasteiger partial charge in [-0.25, -0.2) is 8.42 Å². The molecule has 2 aromatic carbocycles. The number of hydrogen-bond donors (Lipinski definition) is 1. The molecule has 0 saturated carbocycles. The summed E-state index contributed by atoms with van der Waals surface area (Å²) in [6.07, 6.45) is 1.52. The summed E-state index contributed by atoms with van der Waals surface area (Å²) in [4.78, 5) is 12.1. The summed E-state index contributed by atoms with van der Waals surface area (Å²) in [5.74, 6) is -0.933. The minimum atomic E-state index is -3.33. The molecule has 5 heteroatoms. The predicted molar refractivity (Wildman–Crippen MR) is 96.4 cm³/mol. The van der Waals surface area contributed by atoms with Gasteiger partial charge in [0, 0.05) is 5.75 Å². The van der Waals surface area contributed by atoms with E-state index in [4.69, 9.17) is 0 Å². The van der Waals surface area contributed by atoms with E-state index in [0.29, 0.717) is 6.42 Å². The van der Waals surface area contributed by atoms with Crippen molar-refractivity contribution in [2.24, 2.45) is 0 Å². The monoisotopic (exact) mass is 345 g/mol. The summed E-state index contributed by atoms with van der Waals surface area (Å²) in [5, 5.41) is 2.88. The molecule has 1 N–H and O–H groups in total. The third-order valence-electron chi connectivity index (χ3n) is 3.89. The van der Waals surface area contributed by atoms with Crippen LogP contribution in [0, 0.1) is 0 Å². The molecule has 0 fully saturated rings. The molecule has 4 nitrogen and oxygen atoms in total. The number of amides is 1. The largest absolute Gasteiger partial charge is 0.348 e. The summed E-state index contributed by atoms with van der Waals surface area (Å²) < 4.78 is 23.3. The number of sulfone groups is 1. The highest BCUT2D eigenvalue weighted by Crippen LogP contribution is 2.19. The molecule has 0 aliphatic rings. The second-order valence-electron chi connectivity index (χ2n) is 5.73. The van der Waals surface area contributed by atoms with Crippen molar-refractivity contribution in [2.75, 3.05) is 11.5 Å². The van der Waals surface area contributed by atoms with E-state index in [1.807, 2.05) is 60.7 Å². The van der Waals surface area contributed by atoms with Crippen LogP contribution in [-0.2, 0) is 21.1 Å². The first-order valence-electron chi connectivity index (χ1n) is 8.09. The van der Waals surface area contributed by atoms with Gasteiger partial charge in [-0.05, 0) is 24.0 Å². The molecular weight excluding hydrogens is 322 g/mol. The van der Waals surface area contributed by atoms with Gasteiger partial charge in [0.1, 0.15) is 5.75 Å². The Morgan fingerprint density at radius 1 is 1.00 bits per heavy atom. The fourth-order valence-corrected chi connectivity index (χ4v) is 3.19. The number of carbonyl (C=O) groups is 1. The Kier molecular flexibility index (Phi) is 6.55. The summed E-state index contributed by atoms with van der Waals surface area (Å²) in [7, 11) is -3.33. The van der Waals surface area contributed by atoms with E-state index in [1.54, 1.807) is 6.92 Å². The van der Waals surface area contributed by atoms with E-state index in [9.17, 15) is 13.2 Å². The Labute approximate surface area is 143 Å². The van der Waals surface area contributed by atoms with Gasteiger partial charge in [0.25, 0.3) is 0 Å². The SMILES string of the molecule is CCS(=O)(=O)CC(=O)N[C@H](CCc1ccccc1)c1ccccc1. The average molecular weight is 345 g/mol. The molecule has 1 atom stereocenters. The first kappa shape index (κ1) is 18.2. The predicted octanol–water partition coefficient (Wildman–Crippen LogP) is 2.91. The lowest BCUT2D eigenvalue weighted by Crippen LogP contribution is -2.34. The van der Waals surface area contributed by atoms with E-state index in [-0.39, 0.29) is 11.8 Å². The zero-order chi connectivity index (χ0) is 17.4. The Hall–Kier alpha value is -2.14. The first-order valence-corrected chi connectivity index (χ1v) is 9.91. The standard InChI is InChI=1S/C19H23NO3S/c1-2-24(22,23)15-19(21)20-18(17-11-7-4-8-12-17)14-13-16-9-5-3-6-10-16/h3-12,18H,2,13-15H2,1H3,(H,20,21)/t18-/m1/s1. The van der Waals surface area contributed by atoms with Gasteiger partial charge in [0.15, 0.2) is 9.84 Å². The van der Waals surface area contributed by atoms with Crippen LogP contribution < -0.4 is 5.32 Å². The molecule has 0 radical (unpaired) electrons. The van der Waals surface area contributed by atoms with E-state index in [2.05, 4.69) is 5.32 Å². The Bertz CT molecular complexity index is 743. The van der Waals surface area contributed by atoms with Gasteiger partial charge in [-0.15, -0.1) is 0 Å². The Morgan fingerprint density at radius 3 is 2.17 bits per heavy atom. The molecule has 0 aliphatic carbocycles. The van der Waals surface area contributed by atoms with Crippen molar-refractivity contribution in [3.63, 3.8) is 0 Å². The summed E-state index contributed by atoms with van der Waals surface area (Å²) in [5.41, 5.74) is 2.17. The molecule has 2 aromatic rings. The summed E-state index contributed by atoms with van der Waals surface area (Å²) in [6.45, 7) is 1.55. The molecule has 0 spiro atoms. The number of rotatable bonds is 8. The van der Waals surface area contributed by atoms with Crippen LogP contribution in [0.5, 0.6) is 0 Å². The highest BCUT2D eigenvalue weighted by molar-refractivity contribution is 7.92. The first-order chi connectivity index (χ1) is 11.5. The van der Waals surface area contributed by atoms with Crippen LogP contribution in [0.4, 0.5) is 0 Å². The molecule has 0 saturated heterocycles. The van der Waals surface area contributed by atoms with Crippen LogP contribution in [0.1, 0.15) is 30.5 Å². The molecule has 0 aliphatic heterocycles. The van der Waals surface area contributed by atoms with Gasteiger partial charge in [-0.1, -0.05) is 67.6 Å². The zero-order valence-electron chi connectivity index (χ0n) is 13.8. The molecule has 0 bridgehead atoms. The second-order valence-corrected chi connectivity index (χ2v) is 8.08. The normalized spacial score (nSPS) is 12.5. The van der Waals surface area contributed by atoms with Crippen LogP contribution in [0.15, 0.2) is 60.7 Å². The van der Waals surface area contributed by atoms with E-state index < -0.39 is 21.5 Å². The highest BCUT2D eigenvalue weighted by Gasteiger charge is 2.19. The smallest absolute Gasteiger partial charge is 0.235 e. The van der Waals surface area contributed by atoms with Crippen molar-refractivity contribution in [1.82, 2.24) is 5.32 Å². The van der Waals surface area contributed by atoms with Gasteiger partial charge in [-0.3, -0.25) is 4.79 Å². The minimum absolute atomic E-state index is 0.0273. The van der Waals surface area contributed by atoms with Crippen LogP contribution in [0.25, 0.3) is 0 Å². The van der Waals surface area contributed by atoms with Gasteiger partial charge in [0.05, 0.1) is 6.04 Å². The molecular formula is C19H23NO3S. The number of benzene rings is 2. The van der Waals surface area contributed by atoms with Crippen LogP contribution in [0.2, 0.25) is 0 Å². The van der Waals surface area contributed by atoms with Crippen LogP contribution in [0.3, 0.4) is 0 Å². The third-order valence-corrected chi connectivity index (χ3v) is 5.47. The van der Waals surface area contributed by atoms with Crippen molar-refractivity contribution < 1.29 is 13.2 Å². The molecule has 0 unspecified atom stereocenters. The molecule has 2 rings (SSSR count). The molecule has 128 valence electrons. The van der Waals surface area contributed by atoms with E-state index >= 15 is 0 Å². The summed E-state index contributed by atoms with van der Waals surface area (Å²) in [6, 6.07) is 19.5. The minimum Gasteiger partial charge on any atom is -0.348 e. The fourth-order valence-electron chi connectivity index (χ4n) is 2.50. The van der Waals surface area contributed by atoms with Crippen molar-refractivity contribution in [3.8, 4) is 0 Å². The lowest BCUT2D eigenvalue weighted by atomic mass is 9.99. The van der Waals surface area contributed by atoms with Crippen LogP contribution in [-0.4, -0.2) is 25.8 Å². The number of carbonyl (C=O) groups excluding carboxylic acids is 1. The number of nitrogens with one attached hydrogen (secondary N) is 1. The maximum Gasteiger partial charge on any atom is 0.235 e. The van der Waals surface area contributed by atoms with Gasteiger partial charge >= 0.3 is 0 Å². The van der Waals surface area contributed by atoms with E-state index in [0.717, 1.165) is 12.0 Å². The zero-order valence-corrected chi connectivity index (χ0v) is 14.6. The van der Waals surface area contributed by atoms with Gasteiger partial charge in [-0.2, -0.15) is 0 Å². The maximum absolute atomic E-state index is 12.1. The quantitative estimate of drug-likeness (QED) is 0.800. The molecule has 24 heavy (non-hydrogen) atoms. The molecule has 0 heterocycles. The lowest BCUT2D eigenvalue weighted by molar-refractivity contribution is -0.119. The van der Waals surface area contributed by atoms with Gasteiger partial charge in [0.2, 0.25) is 5.91 Å². The highest BCUT2D eigenvalue weighted by atomic mass is 32.2. The average Bonchev–Trinajstić information content (AvgIpc) is 2.60. The van der Waals surface area contributed by atoms with Crippen molar-refractivity contribution in [2.45, 2.75) is 25.8 Å². The molecule has 1 amide bonds. The van der Waals surface area contributed by atoms with Crippen molar-refractivity contribution in [1.29, 1.82) is 0 Å². The third kappa shape index (κ3) is 5.81. The van der Waals surface area contributed by atoms with E-state index in [1.165, 1.54) is 5.56 Å². The van der Waals surface area contributed by atoms with Crippen molar-refractivity contribution >= 4 is 15.7 Å². The topological polar surface area (TPSA) is 63.2 Å². The van der Waals surface area contributed by atoms with Crippen molar-refractivity contribution in [3.05, 3.63) is 71.8 Å². The second kappa shape index (κ2) is 8.64.